The Bertz CT molecular complexity index is 1170. The summed E-state index contributed by atoms with van der Waals surface area (Å²) in [5.74, 6) is 0.921. The van der Waals surface area contributed by atoms with Crippen molar-refractivity contribution < 1.29 is 9.90 Å². The van der Waals surface area contributed by atoms with Gasteiger partial charge in [0.1, 0.15) is 5.60 Å². The maximum Gasteiger partial charge on any atom is 0.219 e. The molecule has 1 aromatic heterocycles. The molecule has 0 spiro atoms. The molecule has 2 bridgehead atoms. The summed E-state index contributed by atoms with van der Waals surface area (Å²) >= 11 is 0. The molecule has 1 amide bonds. The molecule has 3 aromatic rings. The highest BCUT2D eigenvalue weighted by molar-refractivity contribution is 5.83. The Kier molecular flexibility index (Phi) is 6.24. The van der Waals surface area contributed by atoms with E-state index < -0.39 is 5.60 Å². The molecule has 34 heavy (non-hydrogen) atoms. The van der Waals surface area contributed by atoms with Gasteiger partial charge in [0.2, 0.25) is 5.91 Å². The molecule has 5 nitrogen and oxygen atoms in total. The zero-order valence-electron chi connectivity index (χ0n) is 19.8. The lowest BCUT2D eigenvalue weighted by atomic mass is 9.69. The van der Waals surface area contributed by atoms with Crippen LogP contribution in [-0.2, 0) is 16.9 Å². The fraction of sp³-hybridized carbons (Fsp3) is 0.379. The number of fused-ring (bicyclic) bond motifs is 4. The summed E-state index contributed by atoms with van der Waals surface area (Å²) < 4.78 is 0. The van der Waals surface area contributed by atoms with Gasteiger partial charge in [-0.05, 0) is 54.5 Å². The molecule has 4 heterocycles. The van der Waals surface area contributed by atoms with Crippen LogP contribution < -0.4 is 0 Å². The minimum Gasteiger partial charge on any atom is -0.382 e. The van der Waals surface area contributed by atoms with Crippen molar-refractivity contribution >= 4 is 16.8 Å². The number of aromatic nitrogens is 1. The predicted octanol–water partition coefficient (Wildman–Crippen LogP) is 4.37. The van der Waals surface area contributed by atoms with E-state index in [1.807, 2.05) is 60.7 Å². The van der Waals surface area contributed by atoms with Gasteiger partial charge in [-0.2, -0.15) is 0 Å². The van der Waals surface area contributed by atoms with Gasteiger partial charge in [-0.15, -0.1) is 6.58 Å². The zero-order chi connectivity index (χ0) is 23.7. The largest absolute Gasteiger partial charge is 0.382 e. The van der Waals surface area contributed by atoms with Crippen LogP contribution in [0.15, 0.2) is 79.5 Å². The van der Waals surface area contributed by atoms with Gasteiger partial charge in [-0.3, -0.25) is 14.7 Å². The molecule has 3 aliphatic heterocycles. The van der Waals surface area contributed by atoms with E-state index in [0.29, 0.717) is 18.4 Å². The van der Waals surface area contributed by atoms with Gasteiger partial charge in [-0.25, -0.2) is 0 Å². The first-order chi connectivity index (χ1) is 16.5. The van der Waals surface area contributed by atoms with E-state index in [0.717, 1.165) is 48.0 Å². The Morgan fingerprint density at radius 1 is 1.21 bits per heavy atom. The van der Waals surface area contributed by atoms with Crippen LogP contribution in [-0.4, -0.2) is 51.5 Å². The van der Waals surface area contributed by atoms with Crippen LogP contribution in [0, 0.1) is 11.8 Å². The molecule has 1 N–H and O–H groups in total. The first-order valence-corrected chi connectivity index (χ1v) is 12.2. The summed E-state index contributed by atoms with van der Waals surface area (Å²) in [7, 11) is 0. The summed E-state index contributed by atoms with van der Waals surface area (Å²) in [6.45, 7) is 8.22. The SMILES string of the molecule is C=C[C@H]1CN2CC[C@H]1C[C@@H]2[C@@](O)(CN(Cc1ccccc1)C(C)=O)c1ccnc2ccccc12. The number of nitrogens with zero attached hydrogens (tertiary/aromatic N) is 3. The molecule has 5 atom stereocenters. The van der Waals surface area contributed by atoms with E-state index in [1.165, 1.54) is 0 Å². The fourth-order valence-electron chi connectivity index (χ4n) is 6.05. The van der Waals surface area contributed by atoms with Crippen LogP contribution in [0.3, 0.4) is 0 Å². The normalized spacial score (nSPS) is 25.6. The van der Waals surface area contributed by atoms with Crippen LogP contribution in [0.4, 0.5) is 0 Å². The molecular weight excluding hydrogens is 422 g/mol. The van der Waals surface area contributed by atoms with Crippen LogP contribution in [0.25, 0.3) is 10.9 Å². The summed E-state index contributed by atoms with van der Waals surface area (Å²) in [5, 5.41) is 13.6. The number of piperidine rings is 3. The maximum atomic E-state index is 12.8. The molecule has 3 aliphatic rings. The van der Waals surface area contributed by atoms with Gasteiger partial charge in [0.05, 0.1) is 12.1 Å². The highest BCUT2D eigenvalue weighted by Crippen LogP contribution is 2.45. The quantitative estimate of drug-likeness (QED) is 0.538. The summed E-state index contributed by atoms with van der Waals surface area (Å²) in [5.41, 5.74) is 1.53. The average molecular weight is 456 g/mol. The molecule has 6 rings (SSSR count). The van der Waals surface area contributed by atoms with Crippen molar-refractivity contribution in [2.45, 2.75) is 38.0 Å². The molecule has 3 fully saturated rings. The number of carbonyl (C=O) groups excluding carboxylic acids is 1. The molecule has 2 aromatic carbocycles. The minimum atomic E-state index is -1.23. The van der Waals surface area contributed by atoms with Gasteiger partial charge in [0.25, 0.3) is 0 Å². The van der Waals surface area contributed by atoms with Crippen molar-refractivity contribution in [2.24, 2.45) is 11.8 Å². The Hall–Kier alpha value is -3.02. The van der Waals surface area contributed by atoms with E-state index in [2.05, 4.69) is 22.5 Å². The lowest BCUT2D eigenvalue weighted by Crippen LogP contribution is -2.63. The molecule has 0 aliphatic carbocycles. The summed E-state index contributed by atoms with van der Waals surface area (Å²) in [4.78, 5) is 21.6. The topological polar surface area (TPSA) is 56.7 Å². The van der Waals surface area contributed by atoms with Gasteiger partial charge in [-0.1, -0.05) is 54.6 Å². The third-order valence-electron chi connectivity index (χ3n) is 7.87. The first kappa shape index (κ1) is 22.8. The van der Waals surface area contributed by atoms with Gasteiger partial charge < -0.3 is 10.0 Å². The Balaban J connectivity index is 1.58. The standard InChI is InChI=1S/C29H33N3O2/c1-3-23-19-31-16-14-24(23)17-28(31)29(34,26-13-15-30-27-12-8-7-11-25(26)27)20-32(21(2)33)18-22-9-5-4-6-10-22/h3-13,15,23-24,28,34H,1,14,16-20H2,2H3/t23-,24-,28+,29+/m0/s1. The number of amides is 1. The van der Waals surface area contributed by atoms with Gasteiger partial charge in [0.15, 0.2) is 0 Å². The number of hydrogen-bond acceptors (Lipinski definition) is 4. The maximum absolute atomic E-state index is 12.8. The van der Waals surface area contributed by atoms with Crippen molar-refractivity contribution in [1.82, 2.24) is 14.8 Å². The van der Waals surface area contributed by atoms with E-state index in [1.54, 1.807) is 18.0 Å². The Labute approximate surface area is 201 Å². The number of carbonyl (C=O) groups is 1. The highest BCUT2D eigenvalue weighted by atomic mass is 16.3. The van der Waals surface area contributed by atoms with E-state index in [9.17, 15) is 9.90 Å². The van der Waals surface area contributed by atoms with Gasteiger partial charge in [0, 0.05) is 37.6 Å². The van der Waals surface area contributed by atoms with Crippen LogP contribution in [0.1, 0.15) is 30.9 Å². The molecule has 5 heteroatoms. The second kappa shape index (κ2) is 9.32. The summed E-state index contributed by atoms with van der Waals surface area (Å²) in [6, 6.07) is 19.8. The van der Waals surface area contributed by atoms with Crippen molar-refractivity contribution in [1.29, 1.82) is 0 Å². The number of rotatable bonds is 7. The lowest BCUT2D eigenvalue weighted by molar-refractivity contribution is -0.145. The molecular formula is C29H33N3O2. The molecule has 0 saturated carbocycles. The number of aliphatic hydroxyl groups is 1. The average Bonchev–Trinajstić information content (AvgIpc) is 2.88. The van der Waals surface area contributed by atoms with Crippen molar-refractivity contribution in [3.05, 3.63) is 90.6 Å². The lowest BCUT2D eigenvalue weighted by Gasteiger charge is -2.55. The van der Waals surface area contributed by atoms with E-state index in [4.69, 9.17) is 0 Å². The predicted molar refractivity (Wildman–Crippen MR) is 135 cm³/mol. The second-order valence-electron chi connectivity index (χ2n) is 9.86. The molecule has 0 radical (unpaired) electrons. The summed E-state index contributed by atoms with van der Waals surface area (Å²) in [6.07, 6.45) is 5.87. The minimum absolute atomic E-state index is 0.0411. The first-order valence-electron chi connectivity index (χ1n) is 12.2. The second-order valence-corrected chi connectivity index (χ2v) is 9.86. The third-order valence-corrected chi connectivity index (χ3v) is 7.87. The van der Waals surface area contributed by atoms with E-state index in [-0.39, 0.29) is 18.5 Å². The van der Waals surface area contributed by atoms with Crippen molar-refractivity contribution in [3.63, 3.8) is 0 Å². The molecule has 3 saturated heterocycles. The molecule has 1 unspecified atom stereocenters. The number of benzene rings is 2. The third kappa shape index (κ3) is 4.15. The van der Waals surface area contributed by atoms with Crippen LogP contribution in [0.2, 0.25) is 0 Å². The van der Waals surface area contributed by atoms with Gasteiger partial charge >= 0.3 is 0 Å². The Morgan fingerprint density at radius 3 is 2.68 bits per heavy atom. The zero-order valence-corrected chi connectivity index (χ0v) is 19.8. The monoisotopic (exact) mass is 455 g/mol. The number of para-hydroxylation sites is 1. The highest BCUT2D eigenvalue weighted by Gasteiger charge is 2.50. The fourth-order valence-corrected chi connectivity index (χ4v) is 6.05. The van der Waals surface area contributed by atoms with Crippen LogP contribution >= 0.6 is 0 Å². The Morgan fingerprint density at radius 2 is 1.97 bits per heavy atom. The smallest absolute Gasteiger partial charge is 0.219 e. The van der Waals surface area contributed by atoms with Crippen molar-refractivity contribution in [3.8, 4) is 0 Å². The number of hydrogen-bond donors (Lipinski definition) is 1. The van der Waals surface area contributed by atoms with E-state index >= 15 is 0 Å². The van der Waals surface area contributed by atoms with Crippen LogP contribution in [0.5, 0.6) is 0 Å². The molecule has 176 valence electrons. The van der Waals surface area contributed by atoms with Crippen molar-refractivity contribution in [2.75, 3.05) is 19.6 Å². The number of pyridine rings is 1.